The summed E-state index contributed by atoms with van der Waals surface area (Å²) in [4.78, 5) is 11.3. The molecule has 1 fully saturated rings. The van der Waals surface area contributed by atoms with E-state index in [0.29, 0.717) is 5.92 Å². The first-order valence-corrected chi connectivity index (χ1v) is 5.38. The maximum absolute atomic E-state index is 11.3. The number of nitrogens with two attached hydrogens (primary N) is 1. The first kappa shape index (κ1) is 11.3. The zero-order chi connectivity index (χ0) is 10.6. The maximum atomic E-state index is 11.3. The van der Waals surface area contributed by atoms with Crippen molar-refractivity contribution in [3.63, 3.8) is 0 Å². The normalized spacial score (nSPS) is 26.6. The van der Waals surface area contributed by atoms with E-state index >= 15 is 0 Å². The molecule has 4 heteroatoms. The van der Waals surface area contributed by atoms with Gasteiger partial charge in [0.1, 0.15) is 0 Å². The van der Waals surface area contributed by atoms with Crippen molar-refractivity contribution >= 4 is 6.03 Å². The summed E-state index contributed by atoms with van der Waals surface area (Å²) in [5.41, 5.74) is 5.75. The first-order chi connectivity index (χ1) is 6.58. The van der Waals surface area contributed by atoms with Crippen LogP contribution in [0.1, 0.15) is 33.1 Å². The average molecular weight is 199 g/mol. The van der Waals surface area contributed by atoms with Gasteiger partial charge in [0.2, 0.25) is 0 Å². The van der Waals surface area contributed by atoms with Crippen LogP contribution in [0.4, 0.5) is 4.79 Å². The number of hydrogen-bond donors (Lipinski definition) is 3. The molecule has 0 spiro atoms. The Kier molecular flexibility index (Phi) is 4.20. The predicted octanol–water partition coefficient (Wildman–Crippen LogP) is 0.821. The molecule has 2 amide bonds. The Labute approximate surface area is 85.6 Å². The highest BCUT2D eigenvalue weighted by Gasteiger charge is 2.22. The van der Waals surface area contributed by atoms with E-state index in [9.17, 15) is 4.79 Å². The Hall–Kier alpha value is -0.770. The molecule has 1 aliphatic rings. The summed E-state index contributed by atoms with van der Waals surface area (Å²) >= 11 is 0. The topological polar surface area (TPSA) is 67.2 Å². The van der Waals surface area contributed by atoms with Crippen LogP contribution in [-0.2, 0) is 0 Å². The highest BCUT2D eigenvalue weighted by atomic mass is 16.2. The second-order valence-electron chi connectivity index (χ2n) is 4.52. The van der Waals surface area contributed by atoms with Gasteiger partial charge in [-0.05, 0) is 25.2 Å². The molecule has 4 nitrogen and oxygen atoms in total. The van der Waals surface area contributed by atoms with Crippen LogP contribution < -0.4 is 16.4 Å². The van der Waals surface area contributed by atoms with Crippen molar-refractivity contribution in [3.05, 3.63) is 0 Å². The molecule has 0 aromatic heterocycles. The fraction of sp³-hybridized carbons (Fsp3) is 0.900. The van der Waals surface area contributed by atoms with Crippen LogP contribution in [0.5, 0.6) is 0 Å². The Bertz CT molecular complexity index is 194. The lowest BCUT2D eigenvalue weighted by Crippen LogP contribution is -2.42. The van der Waals surface area contributed by atoms with Crippen LogP contribution in [0.15, 0.2) is 0 Å². The van der Waals surface area contributed by atoms with Crippen molar-refractivity contribution in [2.24, 2.45) is 11.7 Å². The highest BCUT2D eigenvalue weighted by Crippen LogP contribution is 2.16. The summed E-state index contributed by atoms with van der Waals surface area (Å²) in [5.74, 6) is 0.492. The predicted molar refractivity (Wildman–Crippen MR) is 57.0 cm³/mol. The molecule has 2 atom stereocenters. The summed E-state index contributed by atoms with van der Waals surface area (Å²) in [6.07, 6.45) is 2.94. The van der Waals surface area contributed by atoms with E-state index in [4.69, 9.17) is 5.73 Å². The molecule has 1 aliphatic carbocycles. The SMILES string of the molecule is CC(C)CNC(=O)N[C@@H]1CC[C@H](N)C1. The van der Waals surface area contributed by atoms with Crippen LogP contribution in [0.2, 0.25) is 0 Å². The van der Waals surface area contributed by atoms with Gasteiger partial charge in [0, 0.05) is 18.6 Å². The standard InChI is InChI=1S/C10H21N3O/c1-7(2)6-12-10(14)13-9-4-3-8(11)5-9/h7-9H,3-6,11H2,1-2H3,(H2,12,13,14)/t8-,9+/m0/s1. The van der Waals surface area contributed by atoms with Gasteiger partial charge in [-0.2, -0.15) is 0 Å². The minimum Gasteiger partial charge on any atom is -0.338 e. The highest BCUT2D eigenvalue weighted by molar-refractivity contribution is 5.74. The Morgan fingerprint density at radius 1 is 1.50 bits per heavy atom. The molecule has 0 aliphatic heterocycles. The van der Waals surface area contributed by atoms with Gasteiger partial charge >= 0.3 is 6.03 Å². The Morgan fingerprint density at radius 2 is 2.21 bits per heavy atom. The molecule has 1 rings (SSSR count). The number of urea groups is 1. The molecule has 0 heterocycles. The molecule has 82 valence electrons. The van der Waals surface area contributed by atoms with Crippen molar-refractivity contribution in [2.75, 3.05) is 6.54 Å². The second kappa shape index (κ2) is 5.20. The number of nitrogens with one attached hydrogen (secondary N) is 2. The van der Waals surface area contributed by atoms with Gasteiger partial charge < -0.3 is 16.4 Å². The smallest absolute Gasteiger partial charge is 0.315 e. The van der Waals surface area contributed by atoms with E-state index in [1.165, 1.54) is 0 Å². The van der Waals surface area contributed by atoms with E-state index in [0.717, 1.165) is 25.8 Å². The van der Waals surface area contributed by atoms with Crippen LogP contribution >= 0.6 is 0 Å². The monoisotopic (exact) mass is 199 g/mol. The van der Waals surface area contributed by atoms with Gasteiger partial charge in [-0.15, -0.1) is 0 Å². The number of amides is 2. The van der Waals surface area contributed by atoms with Crippen molar-refractivity contribution in [1.82, 2.24) is 10.6 Å². The molecule has 0 saturated heterocycles. The third-order valence-electron chi connectivity index (χ3n) is 2.48. The van der Waals surface area contributed by atoms with Gasteiger partial charge in [0.25, 0.3) is 0 Å². The van der Waals surface area contributed by atoms with E-state index in [1.807, 2.05) is 0 Å². The second-order valence-corrected chi connectivity index (χ2v) is 4.52. The average Bonchev–Trinajstić information content (AvgIpc) is 2.48. The zero-order valence-corrected chi connectivity index (χ0v) is 9.05. The van der Waals surface area contributed by atoms with Crippen LogP contribution in [0, 0.1) is 5.92 Å². The number of hydrogen-bond acceptors (Lipinski definition) is 2. The van der Waals surface area contributed by atoms with Crippen LogP contribution in [0.25, 0.3) is 0 Å². The fourth-order valence-corrected chi connectivity index (χ4v) is 1.68. The van der Waals surface area contributed by atoms with Crippen molar-refractivity contribution in [2.45, 2.75) is 45.2 Å². The number of carbonyl (C=O) groups excluding carboxylic acids is 1. The Morgan fingerprint density at radius 3 is 2.71 bits per heavy atom. The minimum atomic E-state index is -0.0576. The first-order valence-electron chi connectivity index (χ1n) is 5.38. The quantitative estimate of drug-likeness (QED) is 0.630. The third-order valence-corrected chi connectivity index (χ3v) is 2.48. The molecule has 0 radical (unpaired) electrons. The van der Waals surface area contributed by atoms with E-state index < -0.39 is 0 Å². The van der Waals surface area contributed by atoms with E-state index in [1.54, 1.807) is 0 Å². The molecule has 14 heavy (non-hydrogen) atoms. The molecular weight excluding hydrogens is 178 g/mol. The fourth-order valence-electron chi connectivity index (χ4n) is 1.68. The molecule has 1 saturated carbocycles. The van der Waals surface area contributed by atoms with Gasteiger partial charge in [-0.25, -0.2) is 4.79 Å². The van der Waals surface area contributed by atoms with Crippen LogP contribution in [-0.4, -0.2) is 24.7 Å². The molecule has 0 bridgehead atoms. The number of rotatable bonds is 3. The van der Waals surface area contributed by atoms with Crippen molar-refractivity contribution in [1.29, 1.82) is 0 Å². The molecule has 0 unspecified atom stereocenters. The lowest BCUT2D eigenvalue weighted by molar-refractivity contribution is 0.235. The van der Waals surface area contributed by atoms with Crippen molar-refractivity contribution < 1.29 is 4.79 Å². The van der Waals surface area contributed by atoms with Gasteiger partial charge in [-0.3, -0.25) is 0 Å². The number of carbonyl (C=O) groups is 1. The summed E-state index contributed by atoms with van der Waals surface area (Å²) in [6.45, 7) is 4.88. The summed E-state index contributed by atoms with van der Waals surface area (Å²) in [7, 11) is 0. The lowest BCUT2D eigenvalue weighted by atomic mass is 10.2. The van der Waals surface area contributed by atoms with Gasteiger partial charge in [0.05, 0.1) is 0 Å². The summed E-state index contributed by atoms with van der Waals surface area (Å²) < 4.78 is 0. The van der Waals surface area contributed by atoms with Crippen molar-refractivity contribution in [3.8, 4) is 0 Å². The molecular formula is C10H21N3O. The summed E-state index contributed by atoms with van der Waals surface area (Å²) in [6, 6.07) is 0.486. The van der Waals surface area contributed by atoms with E-state index in [2.05, 4.69) is 24.5 Å². The molecule has 0 aromatic rings. The lowest BCUT2D eigenvalue weighted by Gasteiger charge is -2.14. The molecule has 0 aromatic carbocycles. The zero-order valence-electron chi connectivity index (χ0n) is 9.05. The van der Waals surface area contributed by atoms with Crippen LogP contribution in [0.3, 0.4) is 0 Å². The summed E-state index contributed by atoms with van der Waals surface area (Å²) in [5, 5.41) is 5.77. The minimum absolute atomic E-state index is 0.0576. The molecule has 4 N–H and O–H groups in total. The largest absolute Gasteiger partial charge is 0.338 e. The maximum Gasteiger partial charge on any atom is 0.315 e. The van der Waals surface area contributed by atoms with Gasteiger partial charge in [-0.1, -0.05) is 13.8 Å². The van der Waals surface area contributed by atoms with E-state index in [-0.39, 0.29) is 18.1 Å². The van der Waals surface area contributed by atoms with Gasteiger partial charge in [0.15, 0.2) is 0 Å². The third kappa shape index (κ3) is 3.96. The Balaban J connectivity index is 2.14.